The van der Waals surface area contributed by atoms with E-state index in [-0.39, 0.29) is 16.8 Å². The van der Waals surface area contributed by atoms with E-state index in [1.807, 2.05) is 12.1 Å². The number of nitrogens with one attached hydrogen (secondary N) is 1. The Balaban J connectivity index is 1.76. The van der Waals surface area contributed by atoms with Crippen molar-refractivity contribution < 1.29 is 9.13 Å². The third-order valence-corrected chi connectivity index (χ3v) is 6.93. The first-order chi connectivity index (χ1) is 12.6. The van der Waals surface area contributed by atoms with E-state index in [9.17, 15) is 4.39 Å². The van der Waals surface area contributed by atoms with E-state index in [2.05, 4.69) is 36.7 Å². The van der Waals surface area contributed by atoms with Crippen LogP contribution in [-0.4, -0.2) is 18.8 Å². The lowest BCUT2D eigenvalue weighted by molar-refractivity contribution is -0.112. The highest BCUT2D eigenvalue weighted by Gasteiger charge is 2.44. The lowest BCUT2D eigenvalue weighted by atomic mass is 9.65. The van der Waals surface area contributed by atoms with Crippen LogP contribution in [0, 0.1) is 5.82 Å². The maximum Gasteiger partial charge on any atom is 0.123 e. The van der Waals surface area contributed by atoms with Crippen LogP contribution in [0.3, 0.4) is 0 Å². The average molecular weight is 376 g/mol. The van der Waals surface area contributed by atoms with Crippen molar-refractivity contribution in [3.63, 3.8) is 0 Å². The number of ether oxygens (including phenoxy) is 1. The van der Waals surface area contributed by atoms with Crippen LogP contribution < -0.4 is 5.32 Å². The first-order valence-corrected chi connectivity index (χ1v) is 10.6. The molecule has 1 saturated heterocycles. The molecule has 1 unspecified atom stereocenters. The van der Waals surface area contributed by atoms with Gasteiger partial charge in [0.05, 0.1) is 5.60 Å². The van der Waals surface area contributed by atoms with Crippen LogP contribution in [0.25, 0.3) is 0 Å². The van der Waals surface area contributed by atoms with Crippen molar-refractivity contribution in [3.05, 3.63) is 58.0 Å². The molecular weight excluding hydrogens is 345 g/mol. The smallest absolute Gasteiger partial charge is 0.123 e. The summed E-state index contributed by atoms with van der Waals surface area (Å²) in [7, 11) is 0. The number of halogens is 1. The zero-order valence-corrected chi connectivity index (χ0v) is 16.7. The first-order valence-electron chi connectivity index (χ1n) is 9.74. The second-order valence-corrected chi connectivity index (χ2v) is 8.49. The van der Waals surface area contributed by atoms with Crippen molar-refractivity contribution in [3.8, 4) is 0 Å². The molecule has 0 saturated carbocycles. The number of hydrogen-bond acceptors (Lipinski definition) is 3. The molecule has 2 heterocycles. The predicted octanol–water partition coefficient (Wildman–Crippen LogP) is 5.67. The van der Waals surface area contributed by atoms with E-state index in [4.69, 9.17) is 4.74 Å². The van der Waals surface area contributed by atoms with Gasteiger partial charge in [0.1, 0.15) is 5.82 Å². The largest absolute Gasteiger partial charge is 0.375 e. The van der Waals surface area contributed by atoms with Crippen molar-refractivity contribution in [2.75, 3.05) is 13.2 Å². The average Bonchev–Trinajstić information content (AvgIpc) is 3.19. The fourth-order valence-corrected chi connectivity index (χ4v) is 4.96. The molecule has 0 bridgehead atoms. The van der Waals surface area contributed by atoms with Gasteiger partial charge in [-0.05, 0) is 67.8 Å². The number of thiophene rings is 1. The normalized spacial score (nSPS) is 22.4. The molecule has 0 radical (unpaired) electrons. The standard InChI is InChI=1S/C22H30FNOS/c1-3-22(4-2)17-21(12-14-25-22,18-7-9-19(23)10-8-18)11-13-24-16-20-6-5-15-26-20/h5-10,15,24H,3-4,11-14,16-17H2,1-2H3. The molecule has 0 spiro atoms. The minimum absolute atomic E-state index is 0.0552. The minimum Gasteiger partial charge on any atom is -0.375 e. The van der Waals surface area contributed by atoms with Crippen molar-refractivity contribution in [2.45, 2.75) is 63.5 Å². The molecule has 26 heavy (non-hydrogen) atoms. The van der Waals surface area contributed by atoms with Crippen LogP contribution in [0.5, 0.6) is 0 Å². The summed E-state index contributed by atoms with van der Waals surface area (Å²) in [6.07, 6.45) is 5.11. The molecule has 1 atom stereocenters. The summed E-state index contributed by atoms with van der Waals surface area (Å²) in [6.45, 7) is 7.10. The van der Waals surface area contributed by atoms with Crippen LogP contribution in [0.4, 0.5) is 4.39 Å². The monoisotopic (exact) mass is 375 g/mol. The molecule has 0 aliphatic carbocycles. The quantitative estimate of drug-likeness (QED) is 0.600. The predicted molar refractivity (Wildman–Crippen MR) is 107 cm³/mol. The van der Waals surface area contributed by atoms with Gasteiger partial charge in [0.25, 0.3) is 0 Å². The molecule has 2 nitrogen and oxygen atoms in total. The van der Waals surface area contributed by atoms with Crippen LogP contribution in [0.1, 0.15) is 56.4 Å². The molecule has 2 aromatic rings. The molecule has 3 rings (SSSR count). The van der Waals surface area contributed by atoms with E-state index < -0.39 is 0 Å². The molecule has 1 aromatic heterocycles. The van der Waals surface area contributed by atoms with E-state index in [1.165, 1.54) is 10.4 Å². The van der Waals surface area contributed by atoms with Gasteiger partial charge in [0, 0.05) is 23.4 Å². The molecular formula is C22H30FNOS. The van der Waals surface area contributed by atoms with Gasteiger partial charge in [-0.15, -0.1) is 11.3 Å². The highest BCUT2D eigenvalue weighted by atomic mass is 32.1. The summed E-state index contributed by atoms with van der Waals surface area (Å²) in [5, 5.41) is 5.72. The highest BCUT2D eigenvalue weighted by molar-refractivity contribution is 7.09. The van der Waals surface area contributed by atoms with Gasteiger partial charge in [-0.3, -0.25) is 0 Å². The maximum absolute atomic E-state index is 13.5. The first kappa shape index (κ1) is 19.5. The third-order valence-electron chi connectivity index (χ3n) is 6.05. The molecule has 1 fully saturated rings. The van der Waals surface area contributed by atoms with E-state index >= 15 is 0 Å². The highest BCUT2D eigenvalue weighted by Crippen LogP contribution is 2.46. The molecule has 1 aliphatic rings. The second-order valence-electron chi connectivity index (χ2n) is 7.46. The molecule has 1 N–H and O–H groups in total. The summed E-state index contributed by atoms with van der Waals surface area (Å²) in [5.41, 5.74) is 1.26. The summed E-state index contributed by atoms with van der Waals surface area (Å²) >= 11 is 1.79. The van der Waals surface area contributed by atoms with E-state index in [0.29, 0.717) is 0 Å². The van der Waals surface area contributed by atoms with Gasteiger partial charge in [-0.25, -0.2) is 4.39 Å². The van der Waals surface area contributed by atoms with Gasteiger partial charge >= 0.3 is 0 Å². The Labute approximate surface area is 160 Å². The van der Waals surface area contributed by atoms with Crippen LogP contribution in [0.2, 0.25) is 0 Å². The fourth-order valence-electron chi connectivity index (χ4n) is 4.28. The topological polar surface area (TPSA) is 21.3 Å². The summed E-state index contributed by atoms with van der Waals surface area (Å²) < 4.78 is 19.7. The SMILES string of the molecule is CCC1(CC)CC(CCNCc2cccs2)(c2ccc(F)cc2)CCO1. The maximum atomic E-state index is 13.5. The Morgan fingerprint density at radius 1 is 1.15 bits per heavy atom. The Hall–Kier alpha value is -1.23. The molecule has 0 amide bonds. The van der Waals surface area contributed by atoms with Gasteiger partial charge in [-0.2, -0.15) is 0 Å². The minimum atomic E-state index is -0.163. The van der Waals surface area contributed by atoms with Crippen molar-refractivity contribution in [2.24, 2.45) is 0 Å². The second kappa shape index (κ2) is 8.64. The molecule has 4 heteroatoms. The Bertz CT molecular complexity index is 666. The van der Waals surface area contributed by atoms with Gasteiger partial charge in [-0.1, -0.05) is 32.0 Å². The lowest BCUT2D eigenvalue weighted by Crippen LogP contribution is -2.48. The Kier molecular flexibility index (Phi) is 6.49. The van der Waals surface area contributed by atoms with Gasteiger partial charge in [0.15, 0.2) is 0 Å². The number of benzene rings is 1. The lowest BCUT2D eigenvalue weighted by Gasteiger charge is -2.48. The summed E-state index contributed by atoms with van der Waals surface area (Å²) in [5.74, 6) is -0.163. The van der Waals surface area contributed by atoms with Crippen LogP contribution >= 0.6 is 11.3 Å². The Morgan fingerprint density at radius 3 is 2.58 bits per heavy atom. The zero-order valence-electron chi connectivity index (χ0n) is 15.9. The van der Waals surface area contributed by atoms with E-state index in [1.54, 1.807) is 23.5 Å². The molecule has 142 valence electrons. The third kappa shape index (κ3) is 4.36. The van der Waals surface area contributed by atoms with Crippen molar-refractivity contribution >= 4 is 11.3 Å². The van der Waals surface area contributed by atoms with Crippen LogP contribution in [0.15, 0.2) is 41.8 Å². The van der Waals surface area contributed by atoms with Crippen molar-refractivity contribution in [1.82, 2.24) is 5.32 Å². The number of hydrogen-bond donors (Lipinski definition) is 1. The van der Waals surface area contributed by atoms with Crippen LogP contribution in [-0.2, 0) is 16.7 Å². The molecule has 1 aliphatic heterocycles. The summed E-state index contributed by atoms with van der Waals surface area (Å²) in [6, 6.07) is 11.4. The molecule has 1 aromatic carbocycles. The van der Waals surface area contributed by atoms with Gasteiger partial charge < -0.3 is 10.1 Å². The summed E-state index contributed by atoms with van der Waals surface area (Å²) in [4.78, 5) is 1.37. The van der Waals surface area contributed by atoms with E-state index in [0.717, 1.165) is 51.8 Å². The zero-order chi connectivity index (χ0) is 18.5. The Morgan fingerprint density at radius 2 is 1.92 bits per heavy atom. The van der Waals surface area contributed by atoms with Gasteiger partial charge in [0.2, 0.25) is 0 Å². The van der Waals surface area contributed by atoms with Crippen molar-refractivity contribution in [1.29, 1.82) is 0 Å². The number of rotatable bonds is 8. The fraction of sp³-hybridized carbons (Fsp3) is 0.545.